The second-order valence-electron chi connectivity index (χ2n) is 3.19. The number of pyridine rings is 1. The summed E-state index contributed by atoms with van der Waals surface area (Å²) in [6.07, 6.45) is 4.78. The summed E-state index contributed by atoms with van der Waals surface area (Å²) in [5.74, 6) is -0.525. The van der Waals surface area contributed by atoms with E-state index in [0.29, 0.717) is 0 Å². The highest BCUT2D eigenvalue weighted by molar-refractivity contribution is 7.16. The first-order valence-corrected chi connectivity index (χ1v) is 5.58. The zero-order valence-corrected chi connectivity index (χ0v) is 9.25. The van der Waals surface area contributed by atoms with Crippen LogP contribution in [0.1, 0.15) is 4.88 Å². The van der Waals surface area contributed by atoms with Gasteiger partial charge in [0.2, 0.25) is 0 Å². The van der Waals surface area contributed by atoms with Gasteiger partial charge in [-0.25, -0.2) is 4.39 Å². The first kappa shape index (κ1) is 11.0. The van der Waals surface area contributed by atoms with Crippen LogP contribution in [0.3, 0.4) is 0 Å². The molecule has 2 aromatic heterocycles. The van der Waals surface area contributed by atoms with Crippen molar-refractivity contribution in [1.82, 2.24) is 4.98 Å². The Hall–Kier alpha value is -1.52. The lowest BCUT2D eigenvalue weighted by molar-refractivity contribution is 0.300. The van der Waals surface area contributed by atoms with E-state index >= 15 is 0 Å². The second-order valence-corrected chi connectivity index (χ2v) is 4.30. The van der Waals surface area contributed by atoms with Crippen LogP contribution in [-0.2, 0) is 0 Å². The first-order chi connectivity index (χ1) is 7.79. The van der Waals surface area contributed by atoms with Crippen LogP contribution < -0.4 is 0 Å². The molecule has 0 fully saturated rings. The Labute approximate surface area is 96.7 Å². The van der Waals surface area contributed by atoms with Crippen molar-refractivity contribution >= 4 is 17.4 Å². The number of aromatic nitrogens is 1. The number of hydrogen-bond donors (Lipinski definition) is 1. The first-order valence-electron chi connectivity index (χ1n) is 4.77. The Balaban J connectivity index is 2.27. The highest BCUT2D eigenvalue weighted by Crippen LogP contribution is 2.28. The normalized spacial score (nSPS) is 11.8. The summed E-state index contributed by atoms with van der Waals surface area (Å²) in [5, 5.41) is 8.57. The minimum absolute atomic E-state index is 0.525. The van der Waals surface area contributed by atoms with Gasteiger partial charge in [0, 0.05) is 22.1 Å². The van der Waals surface area contributed by atoms with Gasteiger partial charge in [-0.05, 0) is 35.9 Å². The van der Waals surface area contributed by atoms with Crippen molar-refractivity contribution in [3.63, 3.8) is 0 Å². The van der Waals surface area contributed by atoms with Crippen molar-refractivity contribution in [1.29, 1.82) is 0 Å². The van der Waals surface area contributed by atoms with Crippen molar-refractivity contribution in [3.8, 4) is 10.4 Å². The van der Waals surface area contributed by atoms with Crippen molar-refractivity contribution < 1.29 is 9.50 Å². The fourth-order valence-electron chi connectivity index (χ4n) is 1.30. The lowest BCUT2D eigenvalue weighted by Gasteiger charge is -1.93. The third kappa shape index (κ3) is 2.53. The second kappa shape index (κ2) is 5.01. The van der Waals surface area contributed by atoms with Crippen LogP contribution in [0.4, 0.5) is 4.39 Å². The number of thiophene rings is 1. The summed E-state index contributed by atoms with van der Waals surface area (Å²) in [5.41, 5.74) is 1.06. The molecule has 0 aliphatic heterocycles. The van der Waals surface area contributed by atoms with E-state index in [2.05, 4.69) is 4.98 Å². The number of rotatable bonds is 3. The summed E-state index contributed by atoms with van der Waals surface area (Å²) >= 11 is 1.47. The van der Waals surface area contributed by atoms with Crippen LogP contribution in [0.25, 0.3) is 16.5 Å². The smallest absolute Gasteiger partial charge is 0.127 e. The Morgan fingerprint density at radius 2 is 2.06 bits per heavy atom. The van der Waals surface area contributed by atoms with Crippen LogP contribution in [-0.4, -0.2) is 16.7 Å². The maximum Gasteiger partial charge on any atom is 0.127 e. The highest BCUT2D eigenvalue weighted by atomic mass is 32.1. The van der Waals surface area contributed by atoms with Gasteiger partial charge in [-0.3, -0.25) is 4.98 Å². The van der Waals surface area contributed by atoms with Gasteiger partial charge in [0.25, 0.3) is 0 Å². The summed E-state index contributed by atoms with van der Waals surface area (Å²) in [7, 11) is 0. The maximum atomic E-state index is 12.8. The van der Waals surface area contributed by atoms with Gasteiger partial charge in [-0.2, -0.15) is 0 Å². The molecule has 0 aromatic carbocycles. The van der Waals surface area contributed by atoms with Crippen molar-refractivity contribution in [2.75, 3.05) is 6.61 Å². The summed E-state index contributed by atoms with van der Waals surface area (Å²) in [4.78, 5) is 5.78. The predicted molar refractivity (Wildman–Crippen MR) is 63.7 cm³/mol. The molecule has 2 aromatic rings. The van der Waals surface area contributed by atoms with Gasteiger partial charge in [0.05, 0.1) is 6.61 Å². The molecule has 82 valence electrons. The lowest BCUT2D eigenvalue weighted by atomic mass is 10.2. The van der Waals surface area contributed by atoms with E-state index in [1.807, 2.05) is 24.3 Å². The molecular formula is C12H10FNOS. The van der Waals surface area contributed by atoms with Gasteiger partial charge in [0.15, 0.2) is 0 Å². The van der Waals surface area contributed by atoms with Crippen LogP contribution in [0.5, 0.6) is 0 Å². The summed E-state index contributed by atoms with van der Waals surface area (Å²) < 4.78 is 12.8. The van der Waals surface area contributed by atoms with Crippen LogP contribution in [0, 0.1) is 0 Å². The van der Waals surface area contributed by atoms with Crippen LogP contribution in [0.15, 0.2) is 42.5 Å². The molecule has 2 nitrogen and oxygen atoms in total. The molecule has 0 amide bonds. The number of nitrogens with zero attached hydrogens (tertiary/aromatic N) is 1. The van der Waals surface area contributed by atoms with Gasteiger partial charge in [-0.15, -0.1) is 11.3 Å². The third-order valence-electron chi connectivity index (χ3n) is 2.04. The Bertz CT molecular complexity index is 493. The summed E-state index contributed by atoms with van der Waals surface area (Å²) in [6, 6.07) is 7.57. The van der Waals surface area contributed by atoms with Gasteiger partial charge in [0.1, 0.15) is 5.83 Å². The Morgan fingerprint density at radius 3 is 2.75 bits per heavy atom. The molecule has 0 saturated carbocycles. The largest absolute Gasteiger partial charge is 0.389 e. The predicted octanol–water partition coefficient (Wildman–Crippen LogP) is 3.11. The van der Waals surface area contributed by atoms with E-state index in [4.69, 9.17) is 5.11 Å². The van der Waals surface area contributed by atoms with Gasteiger partial charge >= 0.3 is 0 Å². The average molecular weight is 235 g/mol. The molecule has 4 heteroatoms. The minimum atomic E-state index is -0.553. The van der Waals surface area contributed by atoms with E-state index in [-0.39, 0.29) is 0 Å². The molecular weight excluding hydrogens is 225 g/mol. The Morgan fingerprint density at radius 1 is 1.31 bits per heavy atom. The number of aliphatic hydroxyl groups excluding tert-OH is 1. The molecule has 16 heavy (non-hydrogen) atoms. The van der Waals surface area contributed by atoms with E-state index in [1.165, 1.54) is 17.4 Å². The molecule has 2 rings (SSSR count). The SMILES string of the molecule is OCC(F)=Cc1ccc(-c2ccncc2)s1. The zero-order chi connectivity index (χ0) is 11.4. The van der Waals surface area contributed by atoms with Crippen molar-refractivity contribution in [2.24, 2.45) is 0 Å². The quantitative estimate of drug-likeness (QED) is 0.886. The molecule has 0 aliphatic carbocycles. The number of hydrogen-bond acceptors (Lipinski definition) is 3. The molecule has 2 heterocycles. The van der Waals surface area contributed by atoms with Crippen LogP contribution in [0.2, 0.25) is 0 Å². The van der Waals surface area contributed by atoms with E-state index < -0.39 is 12.4 Å². The third-order valence-corrected chi connectivity index (χ3v) is 3.12. The molecule has 0 bridgehead atoms. The highest BCUT2D eigenvalue weighted by Gasteiger charge is 2.01. The zero-order valence-electron chi connectivity index (χ0n) is 8.43. The molecule has 0 unspecified atom stereocenters. The Kier molecular flexibility index (Phi) is 3.44. The van der Waals surface area contributed by atoms with E-state index in [0.717, 1.165) is 15.3 Å². The van der Waals surface area contributed by atoms with E-state index in [1.54, 1.807) is 12.4 Å². The number of halogens is 1. The van der Waals surface area contributed by atoms with Crippen molar-refractivity contribution in [3.05, 3.63) is 47.4 Å². The molecule has 0 radical (unpaired) electrons. The molecule has 0 atom stereocenters. The monoisotopic (exact) mass is 235 g/mol. The molecule has 0 aliphatic rings. The molecule has 1 N–H and O–H groups in total. The lowest BCUT2D eigenvalue weighted by Crippen LogP contribution is -1.79. The molecule has 0 spiro atoms. The average Bonchev–Trinajstić information content (AvgIpc) is 2.78. The van der Waals surface area contributed by atoms with Gasteiger partial charge in [-0.1, -0.05) is 0 Å². The van der Waals surface area contributed by atoms with E-state index in [9.17, 15) is 4.39 Å². The maximum absolute atomic E-state index is 12.8. The molecule has 0 saturated heterocycles. The van der Waals surface area contributed by atoms with Crippen molar-refractivity contribution in [2.45, 2.75) is 0 Å². The summed E-state index contributed by atoms with van der Waals surface area (Å²) in [6.45, 7) is -0.553. The fourth-order valence-corrected chi connectivity index (χ4v) is 2.27. The van der Waals surface area contributed by atoms with Gasteiger partial charge < -0.3 is 5.11 Å². The van der Waals surface area contributed by atoms with Crippen LogP contribution >= 0.6 is 11.3 Å². The fraction of sp³-hybridized carbons (Fsp3) is 0.0833. The number of aliphatic hydroxyl groups is 1. The standard InChI is InChI=1S/C12H10FNOS/c13-10(8-15)7-11-1-2-12(16-11)9-3-5-14-6-4-9/h1-7,15H,8H2. The topological polar surface area (TPSA) is 33.1 Å². The minimum Gasteiger partial charge on any atom is -0.389 e.